The van der Waals surface area contributed by atoms with Crippen LogP contribution in [0, 0.1) is 5.92 Å². The van der Waals surface area contributed by atoms with Gasteiger partial charge in [-0.25, -0.2) is 0 Å². The van der Waals surface area contributed by atoms with E-state index < -0.39 is 0 Å². The van der Waals surface area contributed by atoms with E-state index in [4.69, 9.17) is 0 Å². The van der Waals surface area contributed by atoms with Crippen LogP contribution in [-0.2, 0) is 4.79 Å². The second kappa shape index (κ2) is 6.94. The Bertz CT molecular complexity index is 467. The summed E-state index contributed by atoms with van der Waals surface area (Å²) in [5, 5.41) is 6.48. The molecule has 0 bridgehead atoms. The van der Waals surface area contributed by atoms with E-state index in [2.05, 4.69) is 29.4 Å². The van der Waals surface area contributed by atoms with Gasteiger partial charge in [0.05, 0.1) is 0 Å². The number of anilines is 2. The SMILES string of the molecule is CC(C)C(=O)Nc1ccc(NC2CCN(C(C)C)C2)cc1. The number of amides is 1. The molecule has 1 amide bonds. The Balaban J connectivity index is 1.87. The van der Waals surface area contributed by atoms with Crippen molar-refractivity contribution in [2.75, 3.05) is 23.7 Å². The first-order valence-electron chi connectivity index (χ1n) is 7.87. The molecule has 0 aliphatic carbocycles. The van der Waals surface area contributed by atoms with Gasteiger partial charge >= 0.3 is 0 Å². The van der Waals surface area contributed by atoms with Gasteiger partial charge in [0.1, 0.15) is 0 Å². The molecule has 1 atom stereocenters. The minimum Gasteiger partial charge on any atom is -0.381 e. The van der Waals surface area contributed by atoms with Gasteiger partial charge in [-0.2, -0.15) is 0 Å². The van der Waals surface area contributed by atoms with E-state index in [1.807, 2.05) is 38.1 Å². The Morgan fingerprint density at radius 1 is 1.14 bits per heavy atom. The van der Waals surface area contributed by atoms with Crippen LogP contribution in [-0.4, -0.2) is 36.0 Å². The van der Waals surface area contributed by atoms with Crippen molar-refractivity contribution < 1.29 is 4.79 Å². The highest BCUT2D eigenvalue weighted by Gasteiger charge is 2.23. The van der Waals surface area contributed by atoms with Crippen LogP contribution in [0.4, 0.5) is 11.4 Å². The Hall–Kier alpha value is -1.55. The minimum absolute atomic E-state index is 0.00306. The van der Waals surface area contributed by atoms with Crippen LogP contribution < -0.4 is 10.6 Å². The van der Waals surface area contributed by atoms with E-state index in [9.17, 15) is 4.79 Å². The number of rotatable bonds is 5. The molecule has 1 saturated heterocycles. The molecule has 21 heavy (non-hydrogen) atoms. The fraction of sp³-hybridized carbons (Fsp3) is 0.588. The molecule has 1 aliphatic rings. The number of nitrogens with one attached hydrogen (secondary N) is 2. The highest BCUT2D eigenvalue weighted by atomic mass is 16.1. The maximum Gasteiger partial charge on any atom is 0.226 e. The number of hydrogen-bond acceptors (Lipinski definition) is 3. The summed E-state index contributed by atoms with van der Waals surface area (Å²) in [6.45, 7) is 10.5. The van der Waals surface area contributed by atoms with Gasteiger partial charge in [-0.1, -0.05) is 13.8 Å². The van der Waals surface area contributed by atoms with Crippen LogP contribution in [0.5, 0.6) is 0 Å². The summed E-state index contributed by atoms with van der Waals surface area (Å²) in [6, 6.07) is 9.12. The lowest BCUT2D eigenvalue weighted by Crippen LogP contribution is -2.31. The summed E-state index contributed by atoms with van der Waals surface area (Å²) in [5.74, 6) is 0.0578. The fourth-order valence-corrected chi connectivity index (χ4v) is 2.55. The lowest BCUT2D eigenvalue weighted by molar-refractivity contribution is -0.118. The molecule has 1 aromatic carbocycles. The van der Waals surface area contributed by atoms with Crippen molar-refractivity contribution in [3.63, 3.8) is 0 Å². The molecule has 0 spiro atoms. The van der Waals surface area contributed by atoms with E-state index in [-0.39, 0.29) is 11.8 Å². The average Bonchev–Trinajstić information content (AvgIpc) is 2.89. The molecule has 4 nitrogen and oxygen atoms in total. The van der Waals surface area contributed by atoms with Crippen molar-refractivity contribution in [3.05, 3.63) is 24.3 Å². The molecular weight excluding hydrogens is 262 g/mol. The van der Waals surface area contributed by atoms with Gasteiger partial charge < -0.3 is 10.6 Å². The molecule has 0 aromatic heterocycles. The number of benzene rings is 1. The standard InChI is InChI=1S/C17H27N3O/c1-12(2)17(21)19-15-7-5-14(6-8-15)18-16-9-10-20(11-16)13(3)4/h5-8,12-13,16,18H,9-11H2,1-4H3,(H,19,21). The molecule has 1 aromatic rings. The van der Waals surface area contributed by atoms with Gasteiger partial charge in [-0.05, 0) is 44.5 Å². The van der Waals surface area contributed by atoms with Gasteiger partial charge in [0.15, 0.2) is 0 Å². The zero-order chi connectivity index (χ0) is 15.4. The van der Waals surface area contributed by atoms with Crippen LogP contribution >= 0.6 is 0 Å². The van der Waals surface area contributed by atoms with Crippen molar-refractivity contribution in [3.8, 4) is 0 Å². The molecular formula is C17H27N3O. The van der Waals surface area contributed by atoms with Gasteiger partial charge in [0.25, 0.3) is 0 Å². The van der Waals surface area contributed by atoms with Crippen molar-refractivity contribution >= 4 is 17.3 Å². The Morgan fingerprint density at radius 2 is 1.76 bits per heavy atom. The van der Waals surface area contributed by atoms with Gasteiger partial charge in [0, 0.05) is 42.5 Å². The predicted molar refractivity (Wildman–Crippen MR) is 88.6 cm³/mol. The first-order chi connectivity index (χ1) is 9.95. The average molecular weight is 289 g/mol. The van der Waals surface area contributed by atoms with Crippen molar-refractivity contribution in [2.45, 2.75) is 46.2 Å². The molecule has 2 rings (SSSR count). The number of carbonyl (C=O) groups is 1. The Kier molecular flexibility index (Phi) is 5.23. The van der Waals surface area contributed by atoms with Crippen LogP contribution in [0.15, 0.2) is 24.3 Å². The summed E-state index contributed by atoms with van der Waals surface area (Å²) in [6.07, 6.45) is 1.18. The number of hydrogen-bond donors (Lipinski definition) is 2. The Labute approximate surface area is 127 Å². The maximum absolute atomic E-state index is 11.6. The summed E-state index contributed by atoms with van der Waals surface area (Å²) in [4.78, 5) is 14.1. The lowest BCUT2D eigenvalue weighted by atomic mass is 10.2. The summed E-state index contributed by atoms with van der Waals surface area (Å²) >= 11 is 0. The van der Waals surface area contributed by atoms with Gasteiger partial charge in [-0.15, -0.1) is 0 Å². The summed E-state index contributed by atoms with van der Waals surface area (Å²) < 4.78 is 0. The quantitative estimate of drug-likeness (QED) is 0.875. The highest BCUT2D eigenvalue weighted by Crippen LogP contribution is 2.19. The van der Waals surface area contributed by atoms with E-state index in [0.717, 1.165) is 24.5 Å². The normalized spacial score (nSPS) is 19.2. The van der Waals surface area contributed by atoms with Crippen LogP contribution in [0.1, 0.15) is 34.1 Å². The first kappa shape index (κ1) is 15.8. The van der Waals surface area contributed by atoms with Crippen molar-refractivity contribution in [1.29, 1.82) is 0 Å². The third-order valence-corrected chi connectivity index (χ3v) is 4.00. The minimum atomic E-state index is 0.00306. The molecule has 2 N–H and O–H groups in total. The molecule has 1 heterocycles. The number of carbonyl (C=O) groups excluding carboxylic acids is 1. The summed E-state index contributed by atoms with van der Waals surface area (Å²) in [7, 11) is 0. The monoisotopic (exact) mass is 289 g/mol. The molecule has 0 saturated carbocycles. The second-order valence-corrected chi connectivity index (χ2v) is 6.44. The zero-order valence-electron chi connectivity index (χ0n) is 13.5. The van der Waals surface area contributed by atoms with E-state index >= 15 is 0 Å². The topological polar surface area (TPSA) is 44.4 Å². The van der Waals surface area contributed by atoms with Crippen LogP contribution in [0.2, 0.25) is 0 Å². The number of likely N-dealkylation sites (tertiary alicyclic amines) is 1. The Morgan fingerprint density at radius 3 is 2.29 bits per heavy atom. The fourth-order valence-electron chi connectivity index (χ4n) is 2.55. The van der Waals surface area contributed by atoms with Gasteiger partial charge in [-0.3, -0.25) is 9.69 Å². The zero-order valence-corrected chi connectivity index (χ0v) is 13.5. The van der Waals surface area contributed by atoms with E-state index in [0.29, 0.717) is 12.1 Å². The van der Waals surface area contributed by atoms with Crippen LogP contribution in [0.25, 0.3) is 0 Å². The van der Waals surface area contributed by atoms with E-state index in [1.54, 1.807) is 0 Å². The largest absolute Gasteiger partial charge is 0.381 e. The summed E-state index contributed by atoms with van der Waals surface area (Å²) in [5.41, 5.74) is 1.97. The predicted octanol–water partition coefficient (Wildman–Crippen LogP) is 3.18. The smallest absolute Gasteiger partial charge is 0.226 e. The molecule has 1 fully saturated rings. The molecule has 1 unspecified atom stereocenters. The first-order valence-corrected chi connectivity index (χ1v) is 7.87. The molecule has 116 valence electrons. The van der Waals surface area contributed by atoms with E-state index in [1.165, 1.54) is 6.42 Å². The molecule has 1 aliphatic heterocycles. The molecule has 0 radical (unpaired) electrons. The molecule has 4 heteroatoms. The third-order valence-electron chi connectivity index (χ3n) is 4.00. The number of nitrogens with zero attached hydrogens (tertiary/aromatic N) is 1. The maximum atomic E-state index is 11.6. The second-order valence-electron chi connectivity index (χ2n) is 6.44. The van der Waals surface area contributed by atoms with Crippen LogP contribution in [0.3, 0.4) is 0 Å². The third kappa shape index (κ3) is 4.46. The van der Waals surface area contributed by atoms with Crippen molar-refractivity contribution in [1.82, 2.24) is 4.90 Å². The van der Waals surface area contributed by atoms with Crippen molar-refractivity contribution in [2.24, 2.45) is 5.92 Å². The highest BCUT2D eigenvalue weighted by molar-refractivity contribution is 5.92. The lowest BCUT2D eigenvalue weighted by Gasteiger charge is -2.21. The van der Waals surface area contributed by atoms with Gasteiger partial charge in [0.2, 0.25) is 5.91 Å².